The number of amides is 2. The molecule has 2 atom stereocenters. The average Bonchev–Trinajstić information content (AvgIpc) is 2.44. The van der Waals surface area contributed by atoms with Crippen molar-refractivity contribution in [2.24, 2.45) is 11.8 Å². The largest absolute Gasteiger partial charge is 0.480 e. The molecule has 5 heteroatoms. The molecule has 2 saturated carbocycles. The molecule has 3 N–H and O–H groups in total. The summed E-state index contributed by atoms with van der Waals surface area (Å²) in [4.78, 5) is 23.9. The molecule has 0 bridgehead atoms. The van der Waals surface area contributed by atoms with Crippen LogP contribution in [0.25, 0.3) is 0 Å². The zero-order chi connectivity index (χ0) is 15.5. The molecule has 2 amide bonds. The Kier molecular flexibility index (Phi) is 5.12. The molecule has 5 nitrogen and oxygen atoms in total. The van der Waals surface area contributed by atoms with E-state index in [2.05, 4.69) is 24.5 Å². The first-order valence-corrected chi connectivity index (χ1v) is 8.25. The third kappa shape index (κ3) is 3.89. The van der Waals surface area contributed by atoms with Crippen LogP contribution in [-0.4, -0.2) is 28.7 Å². The van der Waals surface area contributed by atoms with Crippen LogP contribution in [0.3, 0.4) is 0 Å². The minimum atomic E-state index is -1.07. The van der Waals surface area contributed by atoms with Crippen molar-refractivity contribution in [3.05, 3.63) is 0 Å². The smallest absolute Gasteiger partial charge is 0.329 e. The number of carbonyl (C=O) groups is 2. The van der Waals surface area contributed by atoms with Gasteiger partial charge in [-0.1, -0.05) is 26.7 Å². The second-order valence-electron chi connectivity index (χ2n) is 7.04. The van der Waals surface area contributed by atoms with E-state index in [1.807, 2.05) is 0 Å². The van der Waals surface area contributed by atoms with Crippen molar-refractivity contribution < 1.29 is 14.7 Å². The van der Waals surface area contributed by atoms with Gasteiger partial charge in [0.15, 0.2) is 0 Å². The van der Waals surface area contributed by atoms with Gasteiger partial charge in [0.2, 0.25) is 0 Å². The van der Waals surface area contributed by atoms with Crippen LogP contribution < -0.4 is 10.6 Å². The van der Waals surface area contributed by atoms with Gasteiger partial charge in [-0.2, -0.15) is 0 Å². The van der Waals surface area contributed by atoms with Crippen molar-refractivity contribution in [3.63, 3.8) is 0 Å². The Morgan fingerprint density at radius 2 is 1.67 bits per heavy atom. The third-order valence-electron chi connectivity index (χ3n) is 5.32. The summed E-state index contributed by atoms with van der Waals surface area (Å²) in [5.74, 6) is 0.110. The van der Waals surface area contributed by atoms with E-state index in [4.69, 9.17) is 0 Å². The van der Waals surface area contributed by atoms with Crippen molar-refractivity contribution >= 4 is 12.0 Å². The molecule has 2 aliphatic carbocycles. The number of hydrogen-bond acceptors (Lipinski definition) is 2. The Bertz CT molecular complexity index is 389. The first-order chi connectivity index (χ1) is 9.93. The molecule has 0 aromatic rings. The second-order valence-corrected chi connectivity index (χ2v) is 7.04. The molecule has 2 fully saturated rings. The standard InChI is InChI=1S/C16H28N2O3/c1-11-7-9-16(10-8-11,14(19)20)18-15(21)17-13-6-4-3-5-12(13)2/h11-13H,3-10H2,1-2H3,(H,19,20)(H2,17,18,21). The summed E-state index contributed by atoms with van der Waals surface area (Å²) >= 11 is 0. The molecule has 0 aliphatic heterocycles. The van der Waals surface area contributed by atoms with E-state index in [1.165, 1.54) is 6.42 Å². The van der Waals surface area contributed by atoms with Gasteiger partial charge in [-0.3, -0.25) is 0 Å². The first-order valence-electron chi connectivity index (χ1n) is 8.25. The fraction of sp³-hybridized carbons (Fsp3) is 0.875. The van der Waals surface area contributed by atoms with Gasteiger partial charge >= 0.3 is 12.0 Å². The number of urea groups is 1. The first kappa shape index (κ1) is 16.1. The summed E-state index contributed by atoms with van der Waals surface area (Å²) in [6.07, 6.45) is 7.24. The van der Waals surface area contributed by atoms with E-state index in [0.29, 0.717) is 24.7 Å². The Morgan fingerprint density at radius 1 is 1.05 bits per heavy atom. The summed E-state index contributed by atoms with van der Waals surface area (Å²) in [5.41, 5.74) is -1.07. The monoisotopic (exact) mass is 296 g/mol. The quantitative estimate of drug-likeness (QED) is 0.749. The number of carbonyl (C=O) groups excluding carboxylic acids is 1. The van der Waals surface area contributed by atoms with Gasteiger partial charge < -0.3 is 15.7 Å². The number of carboxylic acids is 1. The van der Waals surface area contributed by atoms with Crippen LogP contribution in [0.1, 0.15) is 65.2 Å². The maximum atomic E-state index is 12.2. The number of carboxylic acid groups (broad SMARTS) is 1. The van der Waals surface area contributed by atoms with E-state index >= 15 is 0 Å². The van der Waals surface area contributed by atoms with Crippen LogP contribution in [0.5, 0.6) is 0 Å². The SMILES string of the molecule is CC1CCC(NC(=O)NC2CCCCC2C)(C(=O)O)CC1. The predicted molar refractivity (Wildman–Crippen MR) is 81.1 cm³/mol. The van der Waals surface area contributed by atoms with Gasteiger partial charge in [0.1, 0.15) is 5.54 Å². The van der Waals surface area contributed by atoms with E-state index < -0.39 is 11.5 Å². The Morgan fingerprint density at radius 3 is 2.24 bits per heavy atom. The molecule has 120 valence electrons. The van der Waals surface area contributed by atoms with Crippen molar-refractivity contribution in [2.45, 2.75) is 76.8 Å². The number of hydrogen-bond donors (Lipinski definition) is 3. The summed E-state index contributed by atoms with van der Waals surface area (Å²) in [5, 5.41) is 15.3. The lowest BCUT2D eigenvalue weighted by Gasteiger charge is -2.37. The van der Waals surface area contributed by atoms with E-state index in [-0.39, 0.29) is 12.1 Å². The van der Waals surface area contributed by atoms with Crippen LogP contribution in [-0.2, 0) is 4.79 Å². The molecule has 0 radical (unpaired) electrons. The maximum absolute atomic E-state index is 12.2. The van der Waals surface area contributed by atoms with Gasteiger partial charge in [0.25, 0.3) is 0 Å². The van der Waals surface area contributed by atoms with Crippen LogP contribution >= 0.6 is 0 Å². The second kappa shape index (κ2) is 6.67. The highest BCUT2D eigenvalue weighted by molar-refractivity contribution is 5.86. The number of rotatable bonds is 3. The molecule has 0 saturated heterocycles. The molecule has 0 aromatic heterocycles. The summed E-state index contributed by atoms with van der Waals surface area (Å²) < 4.78 is 0. The molecule has 2 unspecified atom stereocenters. The molecular formula is C16H28N2O3. The molecule has 0 heterocycles. The highest BCUT2D eigenvalue weighted by Gasteiger charge is 2.42. The Hall–Kier alpha value is -1.26. The molecule has 0 spiro atoms. The molecular weight excluding hydrogens is 268 g/mol. The van der Waals surface area contributed by atoms with E-state index in [0.717, 1.165) is 32.1 Å². The zero-order valence-electron chi connectivity index (χ0n) is 13.2. The molecule has 21 heavy (non-hydrogen) atoms. The average molecular weight is 296 g/mol. The van der Waals surface area contributed by atoms with Gasteiger partial charge in [-0.15, -0.1) is 0 Å². The van der Waals surface area contributed by atoms with Crippen molar-refractivity contribution in [3.8, 4) is 0 Å². The Balaban J connectivity index is 1.94. The van der Waals surface area contributed by atoms with Crippen LogP contribution in [0.4, 0.5) is 4.79 Å². The summed E-state index contributed by atoms with van der Waals surface area (Å²) in [6, 6.07) is -0.141. The third-order valence-corrected chi connectivity index (χ3v) is 5.32. The van der Waals surface area contributed by atoms with Crippen LogP contribution in [0.15, 0.2) is 0 Å². The zero-order valence-corrected chi connectivity index (χ0v) is 13.2. The highest BCUT2D eigenvalue weighted by atomic mass is 16.4. The fourth-order valence-electron chi connectivity index (χ4n) is 3.60. The summed E-state index contributed by atoms with van der Waals surface area (Å²) in [7, 11) is 0. The Labute approximate surface area is 126 Å². The molecule has 2 aliphatic rings. The van der Waals surface area contributed by atoms with Gasteiger partial charge in [0.05, 0.1) is 0 Å². The van der Waals surface area contributed by atoms with Gasteiger partial charge in [-0.25, -0.2) is 9.59 Å². The van der Waals surface area contributed by atoms with E-state index in [1.54, 1.807) is 0 Å². The maximum Gasteiger partial charge on any atom is 0.329 e. The van der Waals surface area contributed by atoms with Crippen molar-refractivity contribution in [2.75, 3.05) is 0 Å². The van der Waals surface area contributed by atoms with Gasteiger partial charge in [-0.05, 0) is 50.4 Å². The lowest BCUT2D eigenvalue weighted by Crippen LogP contribution is -2.60. The topological polar surface area (TPSA) is 78.4 Å². The van der Waals surface area contributed by atoms with Crippen LogP contribution in [0, 0.1) is 11.8 Å². The number of nitrogens with one attached hydrogen (secondary N) is 2. The van der Waals surface area contributed by atoms with Crippen molar-refractivity contribution in [1.82, 2.24) is 10.6 Å². The predicted octanol–water partition coefficient (Wildman–Crippen LogP) is 2.90. The van der Waals surface area contributed by atoms with Crippen molar-refractivity contribution in [1.29, 1.82) is 0 Å². The lowest BCUT2D eigenvalue weighted by atomic mass is 9.77. The minimum absolute atomic E-state index is 0.173. The molecule has 2 rings (SSSR count). The molecule has 0 aromatic carbocycles. The number of aliphatic carboxylic acids is 1. The van der Waals surface area contributed by atoms with Gasteiger partial charge in [0, 0.05) is 6.04 Å². The lowest BCUT2D eigenvalue weighted by molar-refractivity contribution is -0.146. The van der Waals surface area contributed by atoms with E-state index in [9.17, 15) is 14.7 Å². The highest BCUT2D eigenvalue weighted by Crippen LogP contribution is 2.32. The summed E-state index contributed by atoms with van der Waals surface area (Å²) in [6.45, 7) is 4.29. The normalized spacial score (nSPS) is 36.8. The fourth-order valence-corrected chi connectivity index (χ4v) is 3.60. The van der Waals surface area contributed by atoms with Crippen LogP contribution in [0.2, 0.25) is 0 Å². The minimum Gasteiger partial charge on any atom is -0.480 e.